The molecule has 0 aliphatic carbocycles. The van der Waals surface area contributed by atoms with Crippen LogP contribution in [0.2, 0.25) is 0 Å². The van der Waals surface area contributed by atoms with Crippen LogP contribution in [0.3, 0.4) is 0 Å². The zero-order chi connectivity index (χ0) is 17.8. The molecule has 0 aliphatic rings. The molecular weight excluding hydrogens is 310 g/mol. The fourth-order valence-corrected chi connectivity index (χ4v) is 2.84. The van der Waals surface area contributed by atoms with Crippen molar-refractivity contribution in [3.8, 4) is 5.69 Å². The third-order valence-corrected chi connectivity index (χ3v) is 4.19. The SMILES string of the molecule is Cc1cccc(C(C)C)c1NC(=O)Nc1ccc(-n2cccc2)cc1. The van der Waals surface area contributed by atoms with Gasteiger partial charge in [0.05, 0.1) is 0 Å². The van der Waals surface area contributed by atoms with Gasteiger partial charge in [-0.3, -0.25) is 0 Å². The van der Waals surface area contributed by atoms with E-state index in [0.29, 0.717) is 5.92 Å². The maximum atomic E-state index is 12.4. The molecule has 2 amide bonds. The molecule has 0 unspecified atom stereocenters. The van der Waals surface area contributed by atoms with E-state index in [4.69, 9.17) is 0 Å². The van der Waals surface area contributed by atoms with E-state index >= 15 is 0 Å². The summed E-state index contributed by atoms with van der Waals surface area (Å²) in [4.78, 5) is 12.4. The molecule has 0 fully saturated rings. The number of aryl methyl sites for hydroxylation is 1. The van der Waals surface area contributed by atoms with Crippen molar-refractivity contribution in [1.29, 1.82) is 0 Å². The van der Waals surface area contributed by atoms with Crippen molar-refractivity contribution in [1.82, 2.24) is 4.57 Å². The van der Waals surface area contributed by atoms with Crippen molar-refractivity contribution in [3.05, 3.63) is 78.1 Å². The molecule has 2 N–H and O–H groups in total. The molecule has 25 heavy (non-hydrogen) atoms. The number of benzene rings is 2. The Balaban J connectivity index is 1.71. The summed E-state index contributed by atoms with van der Waals surface area (Å²) in [7, 11) is 0. The molecule has 0 saturated carbocycles. The first kappa shape index (κ1) is 16.8. The van der Waals surface area contributed by atoms with Crippen LogP contribution in [-0.4, -0.2) is 10.6 Å². The summed E-state index contributed by atoms with van der Waals surface area (Å²) in [5, 5.41) is 5.89. The number of urea groups is 1. The standard InChI is InChI=1S/C21H23N3O/c1-15(2)19-8-6-7-16(3)20(19)23-21(25)22-17-9-11-18(12-10-17)24-13-4-5-14-24/h4-15H,1-3H3,(H2,22,23,25). The Morgan fingerprint density at radius 1 is 0.920 bits per heavy atom. The van der Waals surface area contributed by atoms with Gasteiger partial charge in [-0.15, -0.1) is 0 Å². The van der Waals surface area contributed by atoms with Gasteiger partial charge in [0.2, 0.25) is 0 Å². The van der Waals surface area contributed by atoms with Crippen molar-refractivity contribution < 1.29 is 4.79 Å². The molecule has 128 valence electrons. The lowest BCUT2D eigenvalue weighted by Crippen LogP contribution is -2.21. The van der Waals surface area contributed by atoms with E-state index in [2.05, 4.69) is 30.5 Å². The smallest absolute Gasteiger partial charge is 0.323 e. The van der Waals surface area contributed by atoms with Gasteiger partial charge in [-0.25, -0.2) is 4.79 Å². The lowest BCUT2D eigenvalue weighted by Gasteiger charge is -2.17. The van der Waals surface area contributed by atoms with Gasteiger partial charge in [0.25, 0.3) is 0 Å². The average Bonchev–Trinajstić information content (AvgIpc) is 3.11. The van der Waals surface area contributed by atoms with E-state index in [1.807, 2.05) is 72.4 Å². The van der Waals surface area contributed by atoms with Crippen LogP contribution in [0.5, 0.6) is 0 Å². The highest BCUT2D eigenvalue weighted by molar-refractivity contribution is 6.00. The van der Waals surface area contributed by atoms with Crippen LogP contribution in [-0.2, 0) is 0 Å². The molecule has 3 aromatic rings. The number of amides is 2. The van der Waals surface area contributed by atoms with Gasteiger partial charge >= 0.3 is 6.03 Å². The van der Waals surface area contributed by atoms with Crippen molar-refractivity contribution in [3.63, 3.8) is 0 Å². The highest BCUT2D eigenvalue weighted by Gasteiger charge is 2.12. The lowest BCUT2D eigenvalue weighted by atomic mass is 9.98. The number of nitrogens with one attached hydrogen (secondary N) is 2. The van der Waals surface area contributed by atoms with E-state index in [0.717, 1.165) is 28.2 Å². The number of para-hydroxylation sites is 1. The van der Waals surface area contributed by atoms with E-state index in [1.165, 1.54) is 0 Å². The van der Waals surface area contributed by atoms with Gasteiger partial charge in [0, 0.05) is 29.5 Å². The molecule has 1 heterocycles. The number of carbonyl (C=O) groups is 1. The van der Waals surface area contributed by atoms with Crippen molar-refractivity contribution in [2.45, 2.75) is 26.7 Å². The first-order valence-corrected chi connectivity index (χ1v) is 8.45. The van der Waals surface area contributed by atoms with E-state index in [1.54, 1.807) is 0 Å². The largest absolute Gasteiger partial charge is 0.324 e. The van der Waals surface area contributed by atoms with Crippen molar-refractivity contribution in [2.75, 3.05) is 10.6 Å². The highest BCUT2D eigenvalue weighted by Crippen LogP contribution is 2.27. The van der Waals surface area contributed by atoms with Gasteiger partial charge in [0.15, 0.2) is 0 Å². The van der Waals surface area contributed by atoms with E-state index in [-0.39, 0.29) is 6.03 Å². The van der Waals surface area contributed by atoms with Gasteiger partial charge in [-0.2, -0.15) is 0 Å². The minimum absolute atomic E-state index is 0.232. The molecule has 4 nitrogen and oxygen atoms in total. The first-order chi connectivity index (χ1) is 12.0. The van der Waals surface area contributed by atoms with Gasteiger partial charge in [0.1, 0.15) is 0 Å². The molecule has 0 atom stereocenters. The summed E-state index contributed by atoms with van der Waals surface area (Å²) < 4.78 is 2.02. The third kappa shape index (κ3) is 3.91. The van der Waals surface area contributed by atoms with Crippen molar-refractivity contribution >= 4 is 17.4 Å². The minimum atomic E-state index is -0.232. The Labute approximate surface area is 148 Å². The second-order valence-electron chi connectivity index (χ2n) is 6.41. The lowest BCUT2D eigenvalue weighted by molar-refractivity contribution is 0.262. The number of carbonyl (C=O) groups excluding carboxylic acids is 1. The maximum Gasteiger partial charge on any atom is 0.323 e. The molecule has 0 aliphatic heterocycles. The summed E-state index contributed by atoms with van der Waals surface area (Å²) in [5.41, 5.74) is 4.89. The average molecular weight is 333 g/mol. The summed E-state index contributed by atoms with van der Waals surface area (Å²) in [5.74, 6) is 0.344. The predicted molar refractivity (Wildman–Crippen MR) is 104 cm³/mol. The van der Waals surface area contributed by atoms with Crippen LogP contribution in [0.1, 0.15) is 30.9 Å². The highest BCUT2D eigenvalue weighted by atomic mass is 16.2. The number of aromatic nitrogens is 1. The van der Waals surface area contributed by atoms with Crippen LogP contribution >= 0.6 is 0 Å². The van der Waals surface area contributed by atoms with Crippen LogP contribution < -0.4 is 10.6 Å². The Morgan fingerprint density at radius 2 is 1.60 bits per heavy atom. The van der Waals surface area contributed by atoms with Gasteiger partial charge in [-0.05, 0) is 60.4 Å². The molecule has 4 heteroatoms. The van der Waals surface area contributed by atoms with Crippen LogP contribution in [0.15, 0.2) is 67.0 Å². The zero-order valence-electron chi connectivity index (χ0n) is 14.8. The predicted octanol–water partition coefficient (Wildman–Crippen LogP) is 5.55. The molecule has 1 aromatic heterocycles. The second-order valence-corrected chi connectivity index (χ2v) is 6.41. The summed E-state index contributed by atoms with van der Waals surface area (Å²) in [6, 6.07) is 17.6. The monoisotopic (exact) mass is 333 g/mol. The normalized spacial score (nSPS) is 10.7. The molecule has 2 aromatic carbocycles. The minimum Gasteiger partial charge on any atom is -0.324 e. The Bertz CT molecular complexity index is 849. The van der Waals surface area contributed by atoms with E-state index < -0.39 is 0 Å². The number of rotatable bonds is 4. The molecule has 0 spiro atoms. The third-order valence-electron chi connectivity index (χ3n) is 4.19. The molecule has 0 saturated heterocycles. The summed E-state index contributed by atoms with van der Waals surface area (Å²) in [6.45, 7) is 6.25. The topological polar surface area (TPSA) is 46.1 Å². The Kier molecular flexibility index (Phi) is 4.89. The maximum absolute atomic E-state index is 12.4. The first-order valence-electron chi connectivity index (χ1n) is 8.45. The van der Waals surface area contributed by atoms with Gasteiger partial charge < -0.3 is 15.2 Å². The van der Waals surface area contributed by atoms with Crippen LogP contribution in [0.25, 0.3) is 5.69 Å². The molecular formula is C21H23N3O. The van der Waals surface area contributed by atoms with Crippen LogP contribution in [0, 0.1) is 6.92 Å². The number of anilines is 2. The summed E-state index contributed by atoms with van der Waals surface area (Å²) >= 11 is 0. The van der Waals surface area contributed by atoms with E-state index in [9.17, 15) is 4.79 Å². The fourth-order valence-electron chi connectivity index (χ4n) is 2.84. The molecule has 0 radical (unpaired) electrons. The number of hydrogen-bond acceptors (Lipinski definition) is 1. The van der Waals surface area contributed by atoms with Crippen LogP contribution in [0.4, 0.5) is 16.2 Å². The zero-order valence-corrected chi connectivity index (χ0v) is 14.8. The molecule has 3 rings (SSSR count). The Morgan fingerprint density at radius 3 is 2.24 bits per heavy atom. The number of hydrogen-bond donors (Lipinski definition) is 2. The fraction of sp³-hybridized carbons (Fsp3) is 0.190. The van der Waals surface area contributed by atoms with Gasteiger partial charge in [-0.1, -0.05) is 32.0 Å². The summed E-state index contributed by atoms with van der Waals surface area (Å²) in [6.07, 6.45) is 3.97. The number of nitrogens with zero attached hydrogens (tertiary/aromatic N) is 1. The second kappa shape index (κ2) is 7.26. The molecule has 0 bridgehead atoms. The van der Waals surface area contributed by atoms with Crippen molar-refractivity contribution in [2.24, 2.45) is 0 Å². The Hall–Kier alpha value is -3.01. The quantitative estimate of drug-likeness (QED) is 0.646.